The number of carboxylic acids is 1. The van der Waals surface area contributed by atoms with E-state index in [0.29, 0.717) is 12.0 Å². The first-order valence-corrected chi connectivity index (χ1v) is 7.63. The first kappa shape index (κ1) is 18.2. The zero-order valence-electron chi connectivity index (χ0n) is 13.4. The average Bonchev–Trinajstić information content (AvgIpc) is 2.89. The molecule has 0 aromatic carbocycles. The number of aliphatic carboxylic acids is 1. The molecule has 1 aliphatic rings. The molecule has 5 N–H and O–H groups in total. The molecule has 1 amide bonds. The summed E-state index contributed by atoms with van der Waals surface area (Å²) in [6.07, 6.45) is 5.25. The number of rotatable bonds is 8. The Hall–Kier alpha value is -1.89. The summed E-state index contributed by atoms with van der Waals surface area (Å²) in [7, 11) is 0. The van der Waals surface area contributed by atoms with Gasteiger partial charge in [0, 0.05) is 30.9 Å². The van der Waals surface area contributed by atoms with Gasteiger partial charge in [0.1, 0.15) is 0 Å². The van der Waals surface area contributed by atoms with Gasteiger partial charge in [-0.3, -0.25) is 9.79 Å². The molecule has 0 bridgehead atoms. The predicted octanol–water partition coefficient (Wildman–Crippen LogP) is 0.818. The average molecular weight is 310 g/mol. The van der Waals surface area contributed by atoms with E-state index in [2.05, 4.69) is 29.6 Å². The van der Waals surface area contributed by atoms with E-state index >= 15 is 0 Å². The van der Waals surface area contributed by atoms with Crippen molar-refractivity contribution in [2.45, 2.75) is 52.1 Å². The molecule has 0 aliphatic heterocycles. The lowest BCUT2D eigenvalue weighted by molar-refractivity contribution is -0.132. The summed E-state index contributed by atoms with van der Waals surface area (Å²) in [5.74, 6) is 4.28. The van der Waals surface area contributed by atoms with Crippen LogP contribution < -0.4 is 16.6 Å². The summed E-state index contributed by atoms with van der Waals surface area (Å²) in [6.45, 7) is 5.62. The highest BCUT2D eigenvalue weighted by Crippen LogP contribution is 2.34. The van der Waals surface area contributed by atoms with Gasteiger partial charge in [-0.2, -0.15) is 0 Å². The number of nitrogens with zero attached hydrogens (tertiary/aromatic N) is 1. The quantitative estimate of drug-likeness (QED) is 0.229. The molecular weight excluding hydrogens is 284 g/mol. The zero-order chi connectivity index (χ0) is 16.7. The van der Waals surface area contributed by atoms with Crippen LogP contribution in [0.3, 0.4) is 0 Å². The molecule has 3 atom stereocenters. The van der Waals surface area contributed by atoms with E-state index in [-0.39, 0.29) is 29.8 Å². The smallest absolute Gasteiger partial charge is 0.331 e. The third-order valence-corrected chi connectivity index (χ3v) is 4.22. The number of hydrogen-bond acceptors (Lipinski definition) is 4. The normalized spacial score (nSPS) is 22.7. The molecule has 7 heteroatoms. The fourth-order valence-electron chi connectivity index (χ4n) is 3.12. The van der Waals surface area contributed by atoms with Crippen LogP contribution in [0.2, 0.25) is 0 Å². The van der Waals surface area contributed by atoms with Crippen LogP contribution in [0.25, 0.3) is 0 Å². The highest BCUT2D eigenvalue weighted by molar-refractivity contribution is 5.87. The third kappa shape index (κ3) is 4.56. The molecule has 124 valence electrons. The summed E-state index contributed by atoms with van der Waals surface area (Å²) in [4.78, 5) is 27.1. The van der Waals surface area contributed by atoms with Gasteiger partial charge in [-0.1, -0.05) is 32.8 Å². The van der Waals surface area contributed by atoms with E-state index in [4.69, 9.17) is 5.84 Å². The Morgan fingerprint density at radius 3 is 2.59 bits per heavy atom. The van der Waals surface area contributed by atoms with Gasteiger partial charge >= 0.3 is 5.97 Å². The number of carboxylic acid groups (broad SMARTS) is 1. The second-order valence-corrected chi connectivity index (χ2v) is 5.59. The van der Waals surface area contributed by atoms with Crippen LogP contribution >= 0.6 is 0 Å². The Morgan fingerprint density at radius 1 is 1.50 bits per heavy atom. The van der Waals surface area contributed by atoms with Crippen molar-refractivity contribution in [2.24, 2.45) is 22.7 Å². The van der Waals surface area contributed by atoms with Gasteiger partial charge in [0.05, 0.1) is 12.4 Å². The molecule has 0 saturated carbocycles. The van der Waals surface area contributed by atoms with Crippen molar-refractivity contribution in [3.8, 4) is 0 Å². The van der Waals surface area contributed by atoms with E-state index in [1.807, 2.05) is 0 Å². The van der Waals surface area contributed by atoms with Gasteiger partial charge < -0.3 is 15.8 Å². The highest BCUT2D eigenvalue weighted by atomic mass is 16.4. The fourth-order valence-corrected chi connectivity index (χ4v) is 3.12. The summed E-state index contributed by atoms with van der Waals surface area (Å²) >= 11 is 0. The maximum absolute atomic E-state index is 11.6. The summed E-state index contributed by atoms with van der Waals surface area (Å²) in [5.41, 5.74) is 2.68. The maximum atomic E-state index is 11.6. The SMILES string of the molecule is CCC(CC)[C@H](NC(C)=O)[C@@H]1C=C(C(=O)O)C[C@H]1N=CNN. The van der Waals surface area contributed by atoms with Crippen molar-refractivity contribution in [3.63, 3.8) is 0 Å². The molecule has 0 spiro atoms. The summed E-state index contributed by atoms with van der Waals surface area (Å²) in [6, 6.07) is -0.371. The van der Waals surface area contributed by atoms with Crippen LogP contribution in [0, 0.1) is 11.8 Å². The predicted molar refractivity (Wildman–Crippen MR) is 85.1 cm³/mol. The van der Waals surface area contributed by atoms with Gasteiger partial charge in [0.15, 0.2) is 0 Å². The lowest BCUT2D eigenvalue weighted by atomic mass is 9.82. The monoisotopic (exact) mass is 310 g/mol. The maximum Gasteiger partial charge on any atom is 0.331 e. The molecule has 0 heterocycles. The number of carbonyl (C=O) groups is 2. The molecule has 0 aromatic heterocycles. The molecule has 0 saturated heterocycles. The minimum absolute atomic E-state index is 0.117. The molecule has 0 fully saturated rings. The standard InChI is InChI=1S/C15H26N4O3/c1-4-10(5-2)14(19-9(3)20)12-6-11(15(21)22)7-13(12)17-8-18-16/h6,8,10,12-14H,4-5,7,16H2,1-3H3,(H,17,18)(H,19,20)(H,21,22)/t12-,13-,14+/m1/s1. The molecular formula is C15H26N4O3. The molecule has 0 aromatic rings. The molecule has 1 aliphatic carbocycles. The minimum atomic E-state index is -0.936. The topological polar surface area (TPSA) is 117 Å². The Morgan fingerprint density at radius 2 is 2.14 bits per heavy atom. The second kappa shape index (κ2) is 8.53. The van der Waals surface area contributed by atoms with E-state index in [0.717, 1.165) is 12.8 Å². The van der Waals surface area contributed by atoms with Crippen molar-refractivity contribution in [1.82, 2.24) is 10.7 Å². The molecule has 7 nitrogen and oxygen atoms in total. The number of aliphatic imine (C=N–C) groups is 1. The lowest BCUT2D eigenvalue weighted by Crippen LogP contribution is -2.46. The van der Waals surface area contributed by atoms with Crippen LogP contribution in [0.4, 0.5) is 0 Å². The number of carbonyl (C=O) groups excluding carboxylic acids is 1. The third-order valence-electron chi connectivity index (χ3n) is 4.22. The summed E-state index contributed by atoms with van der Waals surface area (Å²) < 4.78 is 0. The molecule has 0 radical (unpaired) electrons. The van der Waals surface area contributed by atoms with Gasteiger partial charge in [-0.05, 0) is 5.92 Å². The number of hydrogen-bond donors (Lipinski definition) is 4. The molecule has 0 unspecified atom stereocenters. The Labute approximate surface area is 131 Å². The van der Waals surface area contributed by atoms with E-state index in [9.17, 15) is 14.7 Å². The Balaban J connectivity index is 3.11. The number of hydrazine groups is 1. The fraction of sp³-hybridized carbons (Fsp3) is 0.667. The van der Waals surface area contributed by atoms with Crippen molar-refractivity contribution >= 4 is 18.2 Å². The first-order valence-electron chi connectivity index (χ1n) is 7.63. The number of nitrogens with two attached hydrogens (primary N) is 1. The first-order chi connectivity index (χ1) is 10.4. The largest absolute Gasteiger partial charge is 0.478 e. The Bertz CT molecular complexity index is 458. The summed E-state index contributed by atoms with van der Waals surface area (Å²) in [5, 5.41) is 12.2. The minimum Gasteiger partial charge on any atom is -0.478 e. The highest BCUT2D eigenvalue weighted by Gasteiger charge is 2.38. The van der Waals surface area contributed by atoms with E-state index < -0.39 is 5.97 Å². The van der Waals surface area contributed by atoms with Crippen LogP contribution in [0.1, 0.15) is 40.0 Å². The number of nitrogens with one attached hydrogen (secondary N) is 2. The van der Waals surface area contributed by atoms with Crippen molar-refractivity contribution < 1.29 is 14.7 Å². The van der Waals surface area contributed by atoms with Gasteiger partial charge in [0.25, 0.3) is 0 Å². The number of amides is 1. The second-order valence-electron chi connectivity index (χ2n) is 5.59. The van der Waals surface area contributed by atoms with Crippen LogP contribution in [-0.2, 0) is 9.59 Å². The lowest BCUT2D eigenvalue weighted by Gasteiger charge is -2.32. The zero-order valence-corrected chi connectivity index (χ0v) is 13.4. The van der Waals surface area contributed by atoms with Gasteiger partial charge in [0.2, 0.25) is 5.91 Å². The van der Waals surface area contributed by atoms with Crippen LogP contribution in [0.15, 0.2) is 16.6 Å². The van der Waals surface area contributed by atoms with Crippen molar-refractivity contribution in [3.05, 3.63) is 11.6 Å². The van der Waals surface area contributed by atoms with E-state index in [1.165, 1.54) is 13.3 Å². The van der Waals surface area contributed by atoms with Crippen molar-refractivity contribution in [1.29, 1.82) is 0 Å². The van der Waals surface area contributed by atoms with Crippen LogP contribution in [0.5, 0.6) is 0 Å². The molecule has 1 rings (SSSR count). The van der Waals surface area contributed by atoms with Crippen molar-refractivity contribution in [2.75, 3.05) is 0 Å². The van der Waals surface area contributed by atoms with Crippen LogP contribution in [-0.4, -0.2) is 35.4 Å². The van der Waals surface area contributed by atoms with E-state index in [1.54, 1.807) is 6.08 Å². The molecule has 22 heavy (non-hydrogen) atoms. The van der Waals surface area contributed by atoms with Gasteiger partial charge in [-0.15, -0.1) is 0 Å². The van der Waals surface area contributed by atoms with Gasteiger partial charge in [-0.25, -0.2) is 10.6 Å². The Kier molecular flexibility index (Phi) is 7.04.